The molecule has 0 radical (unpaired) electrons. The topological polar surface area (TPSA) is 70.6 Å². The summed E-state index contributed by atoms with van der Waals surface area (Å²) >= 11 is 0. The largest absolute Gasteiger partial charge is 0.312 e. The Bertz CT molecular complexity index is 564. The van der Waals surface area contributed by atoms with Crippen molar-refractivity contribution < 1.29 is 9.59 Å². The molecule has 0 saturated heterocycles. The fraction of sp³-hybridized carbons (Fsp3) is 0.400. The molecule has 20 heavy (non-hydrogen) atoms. The first-order valence-electron chi connectivity index (χ1n) is 6.70. The Hall–Kier alpha value is -2.01. The first kappa shape index (κ1) is 14.4. The SMILES string of the molecule is Cc1ccccc1C1C(=O)N=C(CNC(C)C)NC1=O. The lowest BCUT2D eigenvalue weighted by Crippen LogP contribution is -2.47. The Morgan fingerprint density at radius 2 is 2.00 bits per heavy atom. The van der Waals surface area contributed by atoms with Gasteiger partial charge in [0.05, 0.1) is 6.54 Å². The maximum atomic E-state index is 12.2. The van der Waals surface area contributed by atoms with Gasteiger partial charge in [-0.25, -0.2) is 0 Å². The number of hydrogen-bond donors (Lipinski definition) is 2. The van der Waals surface area contributed by atoms with Crippen molar-refractivity contribution in [3.05, 3.63) is 35.4 Å². The summed E-state index contributed by atoms with van der Waals surface area (Å²) in [6.07, 6.45) is 0. The van der Waals surface area contributed by atoms with Gasteiger partial charge in [0.1, 0.15) is 11.8 Å². The number of nitrogens with one attached hydrogen (secondary N) is 2. The Morgan fingerprint density at radius 3 is 2.60 bits per heavy atom. The van der Waals surface area contributed by atoms with Crippen molar-refractivity contribution >= 4 is 17.6 Å². The second-order valence-electron chi connectivity index (χ2n) is 5.21. The van der Waals surface area contributed by atoms with Crippen molar-refractivity contribution in [3.8, 4) is 0 Å². The van der Waals surface area contributed by atoms with Crippen LogP contribution in [0.1, 0.15) is 30.9 Å². The van der Waals surface area contributed by atoms with Crippen molar-refractivity contribution in [1.29, 1.82) is 0 Å². The van der Waals surface area contributed by atoms with Crippen molar-refractivity contribution in [2.24, 2.45) is 4.99 Å². The van der Waals surface area contributed by atoms with Crippen molar-refractivity contribution in [2.75, 3.05) is 6.54 Å². The molecular weight excluding hydrogens is 254 g/mol. The molecule has 0 fully saturated rings. The van der Waals surface area contributed by atoms with Crippen LogP contribution in [0.15, 0.2) is 29.3 Å². The van der Waals surface area contributed by atoms with Gasteiger partial charge in [-0.05, 0) is 18.1 Å². The third-order valence-corrected chi connectivity index (χ3v) is 3.20. The second kappa shape index (κ2) is 5.96. The number of nitrogens with zero attached hydrogens (tertiary/aromatic N) is 1. The van der Waals surface area contributed by atoms with Crippen LogP contribution in [0, 0.1) is 6.92 Å². The zero-order chi connectivity index (χ0) is 14.7. The van der Waals surface area contributed by atoms with Crippen molar-refractivity contribution in [2.45, 2.75) is 32.7 Å². The number of aliphatic imine (C=N–C) groups is 1. The normalized spacial score (nSPS) is 19.0. The molecule has 1 aliphatic heterocycles. The summed E-state index contributed by atoms with van der Waals surface area (Å²) in [4.78, 5) is 28.3. The molecule has 0 aromatic heterocycles. The van der Waals surface area contributed by atoms with Gasteiger partial charge in [-0.3, -0.25) is 9.59 Å². The molecule has 5 nitrogen and oxygen atoms in total. The molecule has 1 aromatic carbocycles. The highest BCUT2D eigenvalue weighted by Gasteiger charge is 2.33. The number of amides is 2. The molecule has 5 heteroatoms. The highest BCUT2D eigenvalue weighted by Crippen LogP contribution is 2.23. The minimum absolute atomic E-state index is 0.263. The summed E-state index contributed by atoms with van der Waals surface area (Å²) < 4.78 is 0. The molecule has 0 bridgehead atoms. The van der Waals surface area contributed by atoms with Gasteiger partial charge in [0, 0.05) is 6.04 Å². The quantitative estimate of drug-likeness (QED) is 0.808. The zero-order valence-electron chi connectivity index (χ0n) is 11.9. The number of benzene rings is 1. The third kappa shape index (κ3) is 3.11. The van der Waals surface area contributed by atoms with E-state index in [4.69, 9.17) is 0 Å². The van der Waals surface area contributed by atoms with Gasteiger partial charge in [0.25, 0.3) is 5.91 Å². The van der Waals surface area contributed by atoms with E-state index in [0.717, 1.165) is 11.1 Å². The fourth-order valence-electron chi connectivity index (χ4n) is 2.12. The maximum Gasteiger partial charge on any atom is 0.264 e. The summed E-state index contributed by atoms with van der Waals surface area (Å²) in [5.74, 6) is -1.15. The Labute approximate surface area is 118 Å². The van der Waals surface area contributed by atoms with E-state index in [2.05, 4.69) is 15.6 Å². The van der Waals surface area contributed by atoms with E-state index in [1.807, 2.05) is 39.0 Å². The van der Waals surface area contributed by atoms with Gasteiger partial charge in [0.15, 0.2) is 0 Å². The minimum atomic E-state index is -0.834. The van der Waals surface area contributed by atoms with Gasteiger partial charge >= 0.3 is 0 Å². The molecule has 106 valence electrons. The third-order valence-electron chi connectivity index (χ3n) is 3.20. The van der Waals surface area contributed by atoms with Crippen LogP contribution in [0.3, 0.4) is 0 Å². The van der Waals surface area contributed by atoms with Crippen LogP contribution in [-0.4, -0.2) is 30.2 Å². The molecule has 2 N–H and O–H groups in total. The van der Waals surface area contributed by atoms with Gasteiger partial charge in [-0.1, -0.05) is 38.1 Å². The maximum absolute atomic E-state index is 12.2. The second-order valence-corrected chi connectivity index (χ2v) is 5.21. The van der Waals surface area contributed by atoms with E-state index in [1.165, 1.54) is 0 Å². The van der Waals surface area contributed by atoms with Gasteiger partial charge < -0.3 is 10.6 Å². The fourth-order valence-corrected chi connectivity index (χ4v) is 2.12. The molecule has 2 amide bonds. The van der Waals surface area contributed by atoms with Gasteiger partial charge in [-0.2, -0.15) is 4.99 Å². The van der Waals surface area contributed by atoms with Crippen LogP contribution in [-0.2, 0) is 9.59 Å². The molecule has 1 aliphatic rings. The highest BCUT2D eigenvalue weighted by atomic mass is 16.2. The number of aryl methyl sites for hydroxylation is 1. The molecule has 0 spiro atoms. The molecular formula is C15H19N3O2. The van der Waals surface area contributed by atoms with E-state index in [0.29, 0.717) is 12.4 Å². The first-order valence-corrected chi connectivity index (χ1v) is 6.70. The van der Waals surface area contributed by atoms with E-state index in [-0.39, 0.29) is 11.9 Å². The van der Waals surface area contributed by atoms with Crippen molar-refractivity contribution in [3.63, 3.8) is 0 Å². The van der Waals surface area contributed by atoms with Gasteiger partial charge in [-0.15, -0.1) is 0 Å². The highest BCUT2D eigenvalue weighted by molar-refractivity contribution is 6.19. The molecule has 1 unspecified atom stereocenters. The predicted octanol–water partition coefficient (Wildman–Crippen LogP) is 1.13. The molecule has 0 saturated carbocycles. The average Bonchev–Trinajstić information content (AvgIpc) is 2.38. The molecule has 0 aliphatic carbocycles. The molecule has 2 rings (SSSR count). The molecule has 1 heterocycles. The number of carbonyl (C=O) groups is 2. The van der Waals surface area contributed by atoms with Crippen LogP contribution < -0.4 is 10.6 Å². The van der Waals surface area contributed by atoms with E-state index in [9.17, 15) is 9.59 Å². The minimum Gasteiger partial charge on any atom is -0.312 e. The van der Waals surface area contributed by atoms with E-state index < -0.39 is 11.8 Å². The predicted molar refractivity (Wildman–Crippen MR) is 77.6 cm³/mol. The molecule has 1 atom stereocenters. The van der Waals surface area contributed by atoms with Gasteiger partial charge in [0.2, 0.25) is 5.91 Å². The Balaban J connectivity index is 2.21. The smallest absolute Gasteiger partial charge is 0.264 e. The van der Waals surface area contributed by atoms with Crippen LogP contribution in [0.2, 0.25) is 0 Å². The van der Waals surface area contributed by atoms with Crippen LogP contribution >= 0.6 is 0 Å². The standard InChI is InChI=1S/C15H19N3O2/c1-9(2)16-8-12-17-14(19)13(15(20)18-12)11-7-5-4-6-10(11)3/h4-7,9,13,16H,8H2,1-3H3,(H,17,18,19,20). The lowest BCUT2D eigenvalue weighted by molar-refractivity contribution is -0.129. The van der Waals surface area contributed by atoms with Crippen LogP contribution in [0.4, 0.5) is 0 Å². The zero-order valence-corrected chi connectivity index (χ0v) is 11.9. The number of carbonyl (C=O) groups excluding carboxylic acids is 2. The van der Waals surface area contributed by atoms with Crippen LogP contribution in [0.5, 0.6) is 0 Å². The Morgan fingerprint density at radius 1 is 1.30 bits per heavy atom. The summed E-state index contributed by atoms with van der Waals surface area (Å²) in [7, 11) is 0. The monoisotopic (exact) mass is 273 g/mol. The van der Waals surface area contributed by atoms with Crippen LogP contribution in [0.25, 0.3) is 0 Å². The van der Waals surface area contributed by atoms with Crippen molar-refractivity contribution in [1.82, 2.24) is 10.6 Å². The summed E-state index contributed by atoms with van der Waals surface area (Å²) in [5, 5.41) is 5.83. The first-order chi connectivity index (χ1) is 9.49. The van der Waals surface area contributed by atoms with E-state index >= 15 is 0 Å². The Kier molecular flexibility index (Phi) is 4.29. The summed E-state index contributed by atoms with van der Waals surface area (Å²) in [5.41, 5.74) is 1.63. The summed E-state index contributed by atoms with van der Waals surface area (Å²) in [6.45, 7) is 6.25. The number of amidine groups is 1. The summed E-state index contributed by atoms with van der Waals surface area (Å²) in [6, 6.07) is 7.65. The number of hydrogen-bond acceptors (Lipinski definition) is 3. The average molecular weight is 273 g/mol. The lowest BCUT2D eigenvalue weighted by Gasteiger charge is -2.22. The lowest BCUT2D eigenvalue weighted by atomic mass is 9.92. The van der Waals surface area contributed by atoms with E-state index in [1.54, 1.807) is 6.07 Å². The number of rotatable bonds is 4. The molecule has 1 aromatic rings.